The van der Waals surface area contributed by atoms with Crippen molar-refractivity contribution in [3.05, 3.63) is 304 Å². The van der Waals surface area contributed by atoms with E-state index in [0.717, 1.165) is 122 Å². The van der Waals surface area contributed by atoms with Crippen LogP contribution in [0, 0.1) is 0 Å². The lowest BCUT2D eigenvalue weighted by atomic mass is 9.97. The van der Waals surface area contributed by atoms with E-state index < -0.39 is 0 Å². The molecule has 0 radical (unpaired) electrons. The van der Waals surface area contributed by atoms with E-state index in [-0.39, 0.29) is 0 Å². The summed E-state index contributed by atoms with van der Waals surface area (Å²) in [5, 5.41) is 7.22. The molecule has 17 rings (SSSR count). The minimum atomic E-state index is 1.09. The molecule has 7 heteroatoms. The molecule has 0 aliphatic heterocycles. The van der Waals surface area contributed by atoms with Crippen molar-refractivity contribution in [3.8, 4) is 100 Å². The van der Waals surface area contributed by atoms with Gasteiger partial charge in [-0.25, -0.2) is 0 Å². The number of fused-ring (bicyclic) bond motifs is 9. The third kappa shape index (κ3) is 8.87. The molecule has 0 atom stereocenters. The van der Waals surface area contributed by atoms with Gasteiger partial charge in [0.05, 0.1) is 22.1 Å². The molecule has 0 fully saturated rings. The number of hydrogen-bond donors (Lipinski definition) is 0. The fourth-order valence-electron chi connectivity index (χ4n) is 13.0. The molecule has 0 bridgehead atoms. The summed E-state index contributed by atoms with van der Waals surface area (Å²) in [6.45, 7) is 0. The molecular formula is C80H50N6S. The summed E-state index contributed by atoms with van der Waals surface area (Å²) in [7, 11) is 0. The van der Waals surface area contributed by atoms with Gasteiger partial charge in [-0.15, -0.1) is 11.3 Å². The lowest BCUT2D eigenvalue weighted by molar-refractivity contribution is 1.18. The molecule has 7 aromatic heterocycles. The number of benzene rings is 10. The highest BCUT2D eigenvalue weighted by Gasteiger charge is 2.20. The number of hydrogen-bond acceptors (Lipinski definition) is 5. The monoisotopic (exact) mass is 1130 g/mol. The smallest absolute Gasteiger partial charge is 0.0541 e. The Labute approximate surface area is 505 Å². The predicted octanol–water partition coefficient (Wildman–Crippen LogP) is 21.2. The number of aromatic nitrogens is 6. The first-order chi connectivity index (χ1) is 43.1. The first-order valence-electron chi connectivity index (χ1n) is 29.3. The maximum atomic E-state index is 4.43. The molecule has 0 aliphatic carbocycles. The van der Waals surface area contributed by atoms with Crippen molar-refractivity contribution in [1.82, 2.24) is 29.1 Å². The van der Waals surface area contributed by atoms with E-state index >= 15 is 0 Å². The van der Waals surface area contributed by atoms with Crippen molar-refractivity contribution >= 4 is 75.1 Å². The Balaban J connectivity index is 0.821. The second kappa shape index (κ2) is 20.7. The molecule has 0 N–H and O–H groups in total. The Kier molecular flexibility index (Phi) is 12.0. The molecular weight excluding hydrogens is 1080 g/mol. The largest absolute Gasteiger partial charge is 0.309 e. The highest BCUT2D eigenvalue weighted by molar-refractivity contribution is 7.25. The SMILES string of the molecule is c1cncc(-c2cccc(-c3ccc4c(c3)c3cc(-c5cccc(-c6cccnc6)c5)ccc3n4-c3ccc4sc5ccc(-n6c7ccc(-c8cccc(-c9cccnc9)c8)cc7c7cc(-c8cccc(-c9cccnc9)c8)ccc76)cc5c4c3)c2)c1. The van der Waals surface area contributed by atoms with Crippen molar-refractivity contribution in [3.63, 3.8) is 0 Å². The fraction of sp³-hybridized carbons (Fsp3) is 0. The van der Waals surface area contributed by atoms with Crippen LogP contribution in [0.4, 0.5) is 0 Å². The van der Waals surface area contributed by atoms with Crippen molar-refractivity contribution in [1.29, 1.82) is 0 Å². The Morgan fingerprint density at radius 2 is 0.460 bits per heavy atom. The number of thiophene rings is 1. The van der Waals surface area contributed by atoms with Crippen LogP contribution in [0.5, 0.6) is 0 Å². The van der Waals surface area contributed by atoms with E-state index in [1.165, 1.54) is 41.7 Å². The van der Waals surface area contributed by atoms with Crippen LogP contribution in [-0.2, 0) is 0 Å². The number of rotatable bonds is 10. The van der Waals surface area contributed by atoms with Gasteiger partial charge in [0.2, 0.25) is 0 Å². The highest BCUT2D eigenvalue weighted by Crippen LogP contribution is 2.44. The van der Waals surface area contributed by atoms with E-state index in [1.54, 1.807) is 0 Å². The van der Waals surface area contributed by atoms with Gasteiger partial charge in [0, 0.05) is 125 Å². The summed E-state index contributed by atoms with van der Waals surface area (Å²) < 4.78 is 7.42. The Bertz CT molecular complexity index is 4890. The van der Waals surface area contributed by atoms with E-state index in [9.17, 15) is 0 Å². The van der Waals surface area contributed by atoms with Crippen LogP contribution >= 0.6 is 11.3 Å². The zero-order valence-corrected chi connectivity index (χ0v) is 47.8. The van der Waals surface area contributed by atoms with E-state index in [4.69, 9.17) is 0 Å². The van der Waals surface area contributed by atoms with Crippen LogP contribution < -0.4 is 0 Å². The Morgan fingerprint density at radius 1 is 0.207 bits per heavy atom. The van der Waals surface area contributed by atoms with Crippen molar-refractivity contribution in [2.45, 2.75) is 0 Å². The van der Waals surface area contributed by atoms with Gasteiger partial charge in [0.15, 0.2) is 0 Å². The molecule has 406 valence electrons. The van der Waals surface area contributed by atoms with Gasteiger partial charge in [-0.3, -0.25) is 19.9 Å². The second-order valence-electron chi connectivity index (χ2n) is 22.4. The fourth-order valence-corrected chi connectivity index (χ4v) is 14.1. The Morgan fingerprint density at radius 3 is 0.724 bits per heavy atom. The molecule has 0 unspecified atom stereocenters. The molecule has 87 heavy (non-hydrogen) atoms. The van der Waals surface area contributed by atoms with Crippen LogP contribution in [0.3, 0.4) is 0 Å². The third-order valence-corrected chi connectivity index (χ3v) is 18.4. The molecule has 0 spiro atoms. The summed E-state index contributed by atoms with van der Waals surface area (Å²) in [6, 6.07) is 93.6. The van der Waals surface area contributed by atoms with Gasteiger partial charge >= 0.3 is 0 Å². The first kappa shape index (κ1) is 50.2. The minimum Gasteiger partial charge on any atom is -0.309 e. The maximum absolute atomic E-state index is 4.43. The molecule has 0 saturated carbocycles. The first-order valence-corrected chi connectivity index (χ1v) is 30.1. The zero-order valence-electron chi connectivity index (χ0n) is 47.0. The minimum absolute atomic E-state index is 1.09. The predicted molar refractivity (Wildman–Crippen MR) is 363 cm³/mol. The summed E-state index contributed by atoms with van der Waals surface area (Å²) in [4.78, 5) is 17.7. The van der Waals surface area contributed by atoms with E-state index in [0.29, 0.717) is 0 Å². The quantitative estimate of drug-likeness (QED) is 0.137. The van der Waals surface area contributed by atoms with Gasteiger partial charge in [-0.2, -0.15) is 0 Å². The summed E-state index contributed by atoms with van der Waals surface area (Å²) in [6.07, 6.45) is 15.0. The number of nitrogens with zero attached hydrogens (tertiary/aromatic N) is 6. The lowest BCUT2D eigenvalue weighted by Crippen LogP contribution is -1.94. The van der Waals surface area contributed by atoms with Crippen LogP contribution in [0.25, 0.3) is 164 Å². The summed E-state index contributed by atoms with van der Waals surface area (Å²) >= 11 is 1.85. The van der Waals surface area contributed by atoms with Gasteiger partial charge in [0.25, 0.3) is 0 Å². The summed E-state index contributed by atoms with van der Waals surface area (Å²) in [5.74, 6) is 0. The van der Waals surface area contributed by atoms with Crippen LogP contribution in [0.2, 0.25) is 0 Å². The van der Waals surface area contributed by atoms with Crippen LogP contribution in [0.1, 0.15) is 0 Å². The van der Waals surface area contributed by atoms with Gasteiger partial charge in [0.1, 0.15) is 0 Å². The third-order valence-electron chi connectivity index (χ3n) is 17.2. The highest BCUT2D eigenvalue weighted by atomic mass is 32.1. The molecule has 0 amide bonds. The average Bonchev–Trinajstić information content (AvgIpc) is 2.06. The Hall–Kier alpha value is -11.4. The van der Waals surface area contributed by atoms with Crippen LogP contribution in [-0.4, -0.2) is 29.1 Å². The standard InChI is InChI=1S/C80H50N6S/c1-9-51(37-55(13-1)63-17-5-33-81-47-63)59-21-27-75-69(41-59)70-42-60(52-10-2-14-56(38-52)64-18-6-34-82-48-64)22-28-76(70)85(75)67-25-31-79-73(45-67)74-46-68(26-32-80(74)87-79)86-77-29-23-61(53-11-3-15-57(39-53)65-19-7-35-83-49-65)43-71(77)72-44-62(24-30-78(72)86)54-12-4-16-58(40-54)66-20-8-36-84-50-66/h1-50H. The van der Waals surface area contributed by atoms with Crippen molar-refractivity contribution < 1.29 is 0 Å². The van der Waals surface area contributed by atoms with Crippen LogP contribution in [0.15, 0.2) is 304 Å². The molecule has 0 aliphatic rings. The topological polar surface area (TPSA) is 61.4 Å². The summed E-state index contributed by atoms with van der Waals surface area (Å²) in [5.41, 5.74) is 25.0. The van der Waals surface area contributed by atoms with E-state index in [2.05, 4.69) is 260 Å². The molecule has 7 heterocycles. The second-order valence-corrected chi connectivity index (χ2v) is 23.4. The number of pyridine rings is 4. The lowest BCUT2D eigenvalue weighted by Gasteiger charge is -2.11. The maximum Gasteiger partial charge on any atom is 0.0541 e. The van der Waals surface area contributed by atoms with Crippen molar-refractivity contribution in [2.75, 3.05) is 0 Å². The normalized spacial score (nSPS) is 11.7. The van der Waals surface area contributed by atoms with Crippen molar-refractivity contribution in [2.24, 2.45) is 0 Å². The van der Waals surface area contributed by atoms with Gasteiger partial charge < -0.3 is 9.13 Å². The zero-order chi connectivity index (χ0) is 57.4. The van der Waals surface area contributed by atoms with E-state index in [1.807, 2.05) is 85.2 Å². The molecule has 6 nitrogen and oxygen atoms in total. The van der Waals surface area contributed by atoms with Gasteiger partial charge in [-0.1, -0.05) is 121 Å². The van der Waals surface area contributed by atoms with Gasteiger partial charge in [-0.05, 0) is 200 Å². The molecule has 17 aromatic rings. The molecule has 10 aromatic carbocycles. The average molecular weight is 1130 g/mol. The molecule has 0 saturated heterocycles.